The fraction of sp³-hybridized carbons (Fsp3) is 0. The fourth-order valence-electron chi connectivity index (χ4n) is 0. The van der Waals surface area contributed by atoms with Crippen LogP contribution < -0.4 is 11.0 Å². The van der Waals surface area contributed by atoms with Crippen molar-refractivity contribution in [3.63, 3.8) is 0 Å². The molecule has 0 fully saturated rings. The van der Waals surface area contributed by atoms with Gasteiger partial charge in [-0.1, -0.05) is 0 Å². The molecular weight excluding hydrogens is 133 g/mol. The van der Waals surface area contributed by atoms with Gasteiger partial charge in [0.15, 0.2) is 0 Å². The third-order valence-electron chi connectivity index (χ3n) is 0. The molecule has 0 aliphatic rings. The molecule has 0 unspecified atom stereocenters. The normalized spacial score (nSPS) is 4.20. The minimum atomic E-state index is -1.08. The molecule has 0 aliphatic carbocycles. The summed E-state index contributed by atoms with van der Waals surface area (Å²) in [6.07, 6.45) is 0. The largest absolute Gasteiger partial charge is 0.772 e. The van der Waals surface area contributed by atoms with Crippen molar-refractivity contribution in [2.75, 3.05) is 0 Å². The van der Waals surface area contributed by atoms with Gasteiger partial charge in [-0.15, -0.1) is 0 Å². The second-order valence-electron chi connectivity index (χ2n) is 0.0745. The molecule has 5 heavy (non-hydrogen) atoms. The van der Waals surface area contributed by atoms with E-state index in [4.69, 9.17) is 9.46 Å². The molecule has 0 rings (SSSR count). The van der Waals surface area contributed by atoms with Gasteiger partial charge in [0.05, 0.1) is 8.69 Å². The van der Waals surface area contributed by atoms with Gasteiger partial charge in [-0.25, -0.2) is 0 Å². The molecule has 0 aromatic carbocycles. The third kappa shape index (κ3) is 101. The summed E-state index contributed by atoms with van der Waals surface area (Å²) in [7, 11) is -1.08. The first-order valence-corrected chi connectivity index (χ1v) is 1.10. The molecule has 0 radical (unpaired) electrons. The zero-order valence-electron chi connectivity index (χ0n) is 2.62. The molecule has 4 N–H and O–H groups in total. The van der Waals surface area contributed by atoms with Crippen molar-refractivity contribution in [2.45, 2.75) is 0 Å². The number of quaternary nitrogens is 1. The van der Waals surface area contributed by atoms with Gasteiger partial charge in [0.1, 0.15) is 0 Å². The summed E-state index contributed by atoms with van der Waals surface area (Å²) < 4.78 is 8.35. The second-order valence-corrected chi connectivity index (χ2v) is 0.224. The molecule has 0 heterocycles. The summed E-state index contributed by atoms with van der Waals surface area (Å²) in [5.74, 6) is 0. The first-order chi connectivity index (χ1) is 1.41. The van der Waals surface area contributed by atoms with Crippen molar-refractivity contribution in [3.05, 3.63) is 0 Å². The van der Waals surface area contributed by atoms with Gasteiger partial charge in [-0.3, -0.25) is 4.57 Å². The van der Waals surface area contributed by atoms with Gasteiger partial charge in [0, 0.05) is 17.1 Å². The quantitative estimate of drug-likeness (QED) is 0.374. The number of rotatable bonds is 0. The van der Waals surface area contributed by atoms with Gasteiger partial charge in [-0.2, -0.15) is 0 Å². The molecule has 0 bridgehead atoms. The monoisotopic (exact) mass is 137 g/mol. The molecule has 0 amide bonds. The van der Waals surface area contributed by atoms with E-state index in [0.29, 0.717) is 0 Å². The summed E-state index contributed by atoms with van der Waals surface area (Å²) in [5.41, 5.74) is 0. The molecular formula is H4FeNO2P. The van der Waals surface area contributed by atoms with Gasteiger partial charge in [-0.05, 0) is 0 Å². The Morgan fingerprint density at radius 3 is 1.60 bits per heavy atom. The van der Waals surface area contributed by atoms with Crippen LogP contribution in [-0.4, -0.2) is 0 Å². The van der Waals surface area contributed by atoms with E-state index in [-0.39, 0.29) is 23.2 Å². The smallest absolute Gasteiger partial charge is 0.0642 e. The number of hydrogen-bond donors (Lipinski definition) is 1. The predicted octanol–water partition coefficient (Wildman–Crippen LogP) is -0.0729. The van der Waals surface area contributed by atoms with Crippen LogP contribution in [-0.2, 0) is 21.6 Å². The van der Waals surface area contributed by atoms with Crippen molar-refractivity contribution in [2.24, 2.45) is 0 Å². The van der Waals surface area contributed by atoms with Crippen molar-refractivity contribution in [1.82, 2.24) is 6.15 Å². The van der Waals surface area contributed by atoms with Crippen LogP contribution in [0.2, 0.25) is 0 Å². The van der Waals surface area contributed by atoms with Crippen LogP contribution in [0.1, 0.15) is 0 Å². The van der Waals surface area contributed by atoms with E-state index in [9.17, 15) is 0 Å². The van der Waals surface area contributed by atoms with Crippen LogP contribution in [0.25, 0.3) is 0 Å². The zero-order chi connectivity index (χ0) is 2.71. The molecule has 0 aromatic heterocycles. The molecule has 3 nitrogen and oxygen atoms in total. The second kappa shape index (κ2) is 24.0. The average molecular weight is 137 g/mol. The molecule has 0 saturated carbocycles. The van der Waals surface area contributed by atoms with Crippen molar-refractivity contribution < 1.29 is 26.5 Å². The standard InChI is InChI=1S/Fe.H3N.HO2P/c;;1-3-2/h;1H3;(H,1,2). The van der Waals surface area contributed by atoms with Crippen LogP contribution in [0.5, 0.6) is 0 Å². The maximum atomic E-state index is 8.35. The first-order valence-electron chi connectivity index (χ1n) is 0.365. The Hall–Kier alpha value is 0.539. The van der Waals surface area contributed by atoms with E-state index in [2.05, 4.69) is 0 Å². The van der Waals surface area contributed by atoms with Crippen LogP contribution in [0, 0.1) is 0 Å². The van der Waals surface area contributed by atoms with Crippen LogP contribution in [0.15, 0.2) is 0 Å². The van der Waals surface area contributed by atoms with Gasteiger partial charge in [0.25, 0.3) is 0 Å². The maximum absolute atomic E-state index is 8.35. The van der Waals surface area contributed by atoms with Crippen LogP contribution in [0.3, 0.4) is 0 Å². The van der Waals surface area contributed by atoms with E-state index in [1.54, 1.807) is 0 Å². The maximum Gasteiger partial charge on any atom is 0.0642 e. The Morgan fingerprint density at radius 1 is 1.60 bits per heavy atom. The van der Waals surface area contributed by atoms with E-state index in [0.717, 1.165) is 0 Å². The van der Waals surface area contributed by atoms with Gasteiger partial charge >= 0.3 is 0 Å². The molecule has 5 heteroatoms. The van der Waals surface area contributed by atoms with E-state index >= 15 is 0 Å². The van der Waals surface area contributed by atoms with E-state index in [1.807, 2.05) is 0 Å². The summed E-state index contributed by atoms with van der Waals surface area (Å²) >= 11 is 0. The Labute approximate surface area is 42.1 Å². The van der Waals surface area contributed by atoms with E-state index < -0.39 is 8.69 Å². The zero-order valence-corrected chi connectivity index (χ0v) is 4.62. The Bertz CT molecular complexity index is 17.1. The summed E-state index contributed by atoms with van der Waals surface area (Å²) in [6, 6.07) is 0. The van der Waals surface area contributed by atoms with Gasteiger partial charge < -0.3 is 11.0 Å². The third-order valence-corrected chi connectivity index (χ3v) is 0. The van der Waals surface area contributed by atoms with Crippen molar-refractivity contribution in [3.8, 4) is 0 Å². The molecule has 0 spiro atoms. The average Bonchev–Trinajstić information content (AvgIpc) is 0.918. The Morgan fingerprint density at radius 2 is 1.60 bits per heavy atom. The minimum absolute atomic E-state index is 0. The topological polar surface area (TPSA) is 76.6 Å². The Kier molecular flexibility index (Phi) is 84.9. The summed E-state index contributed by atoms with van der Waals surface area (Å²) in [4.78, 5) is 8.35. The summed E-state index contributed by atoms with van der Waals surface area (Å²) in [5, 5.41) is 0. The van der Waals surface area contributed by atoms with Crippen LogP contribution in [0.4, 0.5) is 0 Å². The Balaban J connectivity index is -0.0000000200. The fourth-order valence-corrected chi connectivity index (χ4v) is 0. The van der Waals surface area contributed by atoms with Crippen molar-refractivity contribution in [1.29, 1.82) is 0 Å². The molecule has 0 aromatic rings. The SMILES string of the molecule is O=P[O-].[Fe].[NH4+]. The number of hydrogen-bond acceptors (Lipinski definition) is 2. The van der Waals surface area contributed by atoms with Crippen LogP contribution >= 0.6 is 8.69 Å². The molecule has 0 aliphatic heterocycles. The van der Waals surface area contributed by atoms with Crippen molar-refractivity contribution >= 4 is 8.69 Å². The predicted molar refractivity (Wildman–Crippen MR) is 13.6 cm³/mol. The summed E-state index contributed by atoms with van der Waals surface area (Å²) in [6.45, 7) is 0. The first kappa shape index (κ1) is 17.7. The minimum Gasteiger partial charge on any atom is -0.772 e. The van der Waals surface area contributed by atoms with Gasteiger partial charge in [0.2, 0.25) is 0 Å². The van der Waals surface area contributed by atoms with E-state index in [1.165, 1.54) is 0 Å². The molecule has 0 saturated heterocycles. The molecule has 0 atom stereocenters. The molecule has 34 valence electrons.